The van der Waals surface area contributed by atoms with E-state index >= 15 is 0 Å². The van der Waals surface area contributed by atoms with Gasteiger partial charge >= 0.3 is 5.97 Å². The summed E-state index contributed by atoms with van der Waals surface area (Å²) >= 11 is 0. The maximum Gasteiger partial charge on any atom is 0.323 e. The first-order chi connectivity index (χ1) is 12.2. The van der Waals surface area contributed by atoms with E-state index in [0.717, 1.165) is 0 Å². The van der Waals surface area contributed by atoms with E-state index in [4.69, 9.17) is 4.52 Å². The predicted molar refractivity (Wildman–Crippen MR) is 93.3 cm³/mol. The van der Waals surface area contributed by atoms with E-state index in [1.54, 1.807) is 6.92 Å². The highest BCUT2D eigenvalue weighted by Gasteiger charge is 2.34. The van der Waals surface area contributed by atoms with Gasteiger partial charge in [0.15, 0.2) is 0 Å². The lowest BCUT2D eigenvalue weighted by molar-refractivity contribution is -0.138. The Balaban J connectivity index is 2.15. The zero-order valence-electron chi connectivity index (χ0n) is 15.2. The molecule has 1 amide bonds. The molecule has 0 atom stereocenters. The van der Waals surface area contributed by atoms with Gasteiger partial charge in [-0.05, 0) is 25.7 Å². The Morgan fingerprint density at radius 2 is 2.00 bits per heavy atom. The molecule has 1 fully saturated rings. The monoisotopic (exact) mass is 387 g/mol. The van der Waals surface area contributed by atoms with Crippen LogP contribution in [0, 0.1) is 0 Å². The zero-order chi connectivity index (χ0) is 19.5. The van der Waals surface area contributed by atoms with Crippen LogP contribution in [0.5, 0.6) is 0 Å². The number of carbonyl (C=O) groups excluding carboxylic acids is 1. The highest BCUT2D eigenvalue weighted by molar-refractivity contribution is 7.89. The van der Waals surface area contributed by atoms with Gasteiger partial charge in [0.25, 0.3) is 5.91 Å². The van der Waals surface area contributed by atoms with Crippen LogP contribution in [0.1, 0.15) is 55.8 Å². The zero-order valence-corrected chi connectivity index (χ0v) is 16.0. The molecule has 0 bridgehead atoms. The molecule has 1 aliphatic rings. The van der Waals surface area contributed by atoms with Crippen molar-refractivity contribution in [3.05, 3.63) is 17.5 Å². The topological polar surface area (TPSA) is 121 Å². The summed E-state index contributed by atoms with van der Waals surface area (Å²) in [5, 5.41) is 13.0. The maximum absolute atomic E-state index is 12.7. The Morgan fingerprint density at radius 1 is 1.38 bits per heavy atom. The normalized spacial score (nSPS) is 16.8. The Morgan fingerprint density at radius 3 is 2.46 bits per heavy atom. The summed E-state index contributed by atoms with van der Waals surface area (Å²) < 4.78 is 30.4. The van der Waals surface area contributed by atoms with Gasteiger partial charge in [-0.1, -0.05) is 19.0 Å². The summed E-state index contributed by atoms with van der Waals surface area (Å²) in [4.78, 5) is 25.2. The van der Waals surface area contributed by atoms with Crippen LogP contribution in [0.4, 0.5) is 0 Å². The van der Waals surface area contributed by atoms with Gasteiger partial charge in [0.2, 0.25) is 15.8 Å². The molecule has 0 spiro atoms. The molecule has 10 heteroatoms. The van der Waals surface area contributed by atoms with Crippen LogP contribution in [0.3, 0.4) is 0 Å². The largest absolute Gasteiger partial charge is 0.480 e. The van der Waals surface area contributed by atoms with Crippen LogP contribution >= 0.6 is 0 Å². The molecule has 1 aromatic heterocycles. The summed E-state index contributed by atoms with van der Waals surface area (Å²) in [7, 11) is -3.29. The average Bonchev–Trinajstić information content (AvgIpc) is 3.09. The highest BCUT2D eigenvalue weighted by Crippen LogP contribution is 2.22. The number of hydrogen-bond acceptors (Lipinski definition) is 6. The molecular formula is C16H25N3O6S. The molecule has 26 heavy (non-hydrogen) atoms. The fourth-order valence-corrected chi connectivity index (χ4v) is 4.06. The van der Waals surface area contributed by atoms with E-state index < -0.39 is 28.4 Å². The van der Waals surface area contributed by atoms with Crippen LogP contribution in [0.25, 0.3) is 0 Å². The maximum atomic E-state index is 12.7. The minimum absolute atomic E-state index is 0.00133. The van der Waals surface area contributed by atoms with E-state index in [1.807, 2.05) is 13.8 Å². The van der Waals surface area contributed by atoms with Crippen molar-refractivity contribution in [3.8, 4) is 0 Å². The van der Waals surface area contributed by atoms with Gasteiger partial charge in [0.1, 0.15) is 6.54 Å². The molecule has 1 saturated heterocycles. The number of carboxylic acids is 1. The molecular weight excluding hydrogens is 362 g/mol. The Hall–Kier alpha value is -1.94. The first-order valence-corrected chi connectivity index (χ1v) is 10.2. The van der Waals surface area contributed by atoms with Crippen molar-refractivity contribution in [2.24, 2.45) is 0 Å². The third kappa shape index (κ3) is 4.61. The number of sulfonamides is 1. The van der Waals surface area contributed by atoms with Gasteiger partial charge in [0.05, 0.1) is 11.4 Å². The number of nitrogens with zero attached hydrogens (tertiary/aromatic N) is 3. The lowest BCUT2D eigenvalue weighted by Gasteiger charge is -2.36. The summed E-state index contributed by atoms with van der Waals surface area (Å²) in [6, 6.07) is 1.16. The van der Waals surface area contributed by atoms with Crippen molar-refractivity contribution in [1.29, 1.82) is 0 Å². The van der Waals surface area contributed by atoms with Crippen LogP contribution in [0.2, 0.25) is 0 Å². The van der Waals surface area contributed by atoms with Crippen LogP contribution in [-0.2, 0) is 14.8 Å². The van der Waals surface area contributed by atoms with Crippen molar-refractivity contribution in [3.63, 3.8) is 0 Å². The van der Waals surface area contributed by atoms with E-state index in [9.17, 15) is 23.1 Å². The lowest BCUT2D eigenvalue weighted by atomic mass is 10.0. The molecule has 0 aliphatic carbocycles. The number of rotatable bonds is 7. The molecule has 1 N–H and O–H groups in total. The van der Waals surface area contributed by atoms with Crippen LogP contribution in [-0.4, -0.2) is 71.2 Å². The van der Waals surface area contributed by atoms with E-state index in [2.05, 4.69) is 5.16 Å². The van der Waals surface area contributed by atoms with Gasteiger partial charge in [-0.25, -0.2) is 12.7 Å². The second-order valence-electron chi connectivity index (χ2n) is 6.63. The summed E-state index contributed by atoms with van der Waals surface area (Å²) in [6.45, 7) is 5.45. The second kappa shape index (κ2) is 8.17. The van der Waals surface area contributed by atoms with Crippen molar-refractivity contribution in [1.82, 2.24) is 14.4 Å². The fourth-order valence-electron chi connectivity index (χ4n) is 2.93. The average molecular weight is 387 g/mol. The molecule has 0 radical (unpaired) electrons. The second-order valence-corrected chi connectivity index (χ2v) is 8.89. The van der Waals surface area contributed by atoms with Crippen molar-refractivity contribution < 1.29 is 27.6 Å². The Kier molecular flexibility index (Phi) is 6.40. The minimum atomic E-state index is -3.29. The highest BCUT2D eigenvalue weighted by atomic mass is 32.2. The molecule has 0 aromatic carbocycles. The molecule has 1 aliphatic heterocycles. The minimum Gasteiger partial charge on any atom is -0.480 e. The van der Waals surface area contributed by atoms with Gasteiger partial charge in [0, 0.05) is 25.2 Å². The molecule has 2 rings (SSSR count). The third-order valence-electron chi connectivity index (χ3n) is 4.52. The SMILES string of the molecule is CCS(=O)(=O)N1CCC(N(CC(=O)O)C(=O)c2cc(C(C)C)no2)CC1. The standard InChI is InChI=1S/C16H25N3O6S/c1-4-26(23,24)18-7-5-12(6-8-18)19(10-15(20)21)16(22)14-9-13(11(2)3)17-25-14/h9,11-12H,4-8,10H2,1-3H3,(H,20,21). The number of amides is 1. The number of piperidine rings is 1. The van der Waals surface area contributed by atoms with Crippen LogP contribution < -0.4 is 0 Å². The smallest absolute Gasteiger partial charge is 0.323 e. The third-order valence-corrected chi connectivity index (χ3v) is 6.40. The van der Waals surface area contributed by atoms with Gasteiger partial charge in [-0.3, -0.25) is 9.59 Å². The molecule has 2 heterocycles. The van der Waals surface area contributed by atoms with E-state index in [-0.39, 0.29) is 36.6 Å². The summed E-state index contributed by atoms with van der Waals surface area (Å²) in [5.74, 6) is -1.57. The Bertz CT molecular complexity index is 750. The number of aromatic nitrogens is 1. The number of carboxylic acid groups (broad SMARTS) is 1. The first kappa shape index (κ1) is 20.4. The van der Waals surface area contributed by atoms with Gasteiger partial charge < -0.3 is 14.5 Å². The summed E-state index contributed by atoms with van der Waals surface area (Å²) in [5.41, 5.74) is 0.618. The number of aliphatic carboxylic acids is 1. The predicted octanol–water partition coefficient (Wildman–Crippen LogP) is 1.14. The van der Waals surface area contributed by atoms with Crippen LogP contribution in [0.15, 0.2) is 10.6 Å². The lowest BCUT2D eigenvalue weighted by Crippen LogP contribution is -2.50. The molecule has 146 valence electrons. The van der Waals surface area contributed by atoms with Crippen molar-refractivity contribution in [2.75, 3.05) is 25.4 Å². The summed E-state index contributed by atoms with van der Waals surface area (Å²) in [6.07, 6.45) is 0.757. The molecule has 1 aromatic rings. The molecule has 0 saturated carbocycles. The quantitative estimate of drug-likeness (QED) is 0.744. The van der Waals surface area contributed by atoms with E-state index in [1.165, 1.54) is 15.3 Å². The molecule has 9 nitrogen and oxygen atoms in total. The Labute approximate surface area is 153 Å². The number of carbonyl (C=O) groups is 2. The first-order valence-electron chi connectivity index (χ1n) is 8.63. The molecule has 0 unspecified atom stereocenters. The van der Waals surface area contributed by atoms with Gasteiger partial charge in [-0.15, -0.1) is 0 Å². The van der Waals surface area contributed by atoms with E-state index in [0.29, 0.717) is 18.5 Å². The number of hydrogen-bond donors (Lipinski definition) is 1. The fraction of sp³-hybridized carbons (Fsp3) is 0.688. The van der Waals surface area contributed by atoms with Crippen molar-refractivity contribution in [2.45, 2.75) is 45.6 Å². The van der Waals surface area contributed by atoms with Crippen molar-refractivity contribution >= 4 is 21.9 Å². The van der Waals surface area contributed by atoms with Gasteiger partial charge in [-0.2, -0.15) is 0 Å².